The molecule has 0 aromatic heterocycles. The lowest BCUT2D eigenvalue weighted by Gasteiger charge is -2.20. The summed E-state index contributed by atoms with van der Waals surface area (Å²) in [7, 11) is 1.71. The molecule has 0 aromatic carbocycles. The van der Waals surface area contributed by atoms with Gasteiger partial charge in [-0.25, -0.2) is 0 Å². The van der Waals surface area contributed by atoms with Gasteiger partial charge in [0.1, 0.15) is 0 Å². The van der Waals surface area contributed by atoms with Gasteiger partial charge < -0.3 is 20.3 Å². The second-order valence-electron chi connectivity index (χ2n) is 5.58. The summed E-state index contributed by atoms with van der Waals surface area (Å²) in [6.07, 6.45) is 5.95. The van der Waals surface area contributed by atoms with E-state index in [1.807, 2.05) is 4.90 Å². The van der Waals surface area contributed by atoms with E-state index in [1.54, 1.807) is 7.11 Å². The van der Waals surface area contributed by atoms with E-state index in [0.717, 1.165) is 71.0 Å². The maximum atomic E-state index is 11.9. The van der Waals surface area contributed by atoms with Crippen LogP contribution in [-0.4, -0.2) is 63.2 Å². The number of carbonyl (C=O) groups excluding carboxylic acids is 1. The van der Waals surface area contributed by atoms with E-state index in [-0.39, 0.29) is 24.0 Å². The molecule has 1 fully saturated rings. The normalized spacial score (nSPS) is 15.8. The van der Waals surface area contributed by atoms with Gasteiger partial charge in [-0.1, -0.05) is 6.42 Å². The van der Waals surface area contributed by atoms with Crippen molar-refractivity contribution in [3.63, 3.8) is 0 Å². The molecule has 0 spiro atoms. The zero-order valence-corrected chi connectivity index (χ0v) is 16.9. The molecular weight excluding hydrogens is 407 g/mol. The summed E-state index contributed by atoms with van der Waals surface area (Å²) in [5.74, 6) is 1.16. The van der Waals surface area contributed by atoms with Crippen LogP contribution in [-0.2, 0) is 9.53 Å². The van der Waals surface area contributed by atoms with Gasteiger partial charge in [0.25, 0.3) is 0 Å². The molecule has 1 aliphatic heterocycles. The molecule has 1 heterocycles. The molecule has 23 heavy (non-hydrogen) atoms. The van der Waals surface area contributed by atoms with Crippen LogP contribution in [0.25, 0.3) is 0 Å². The van der Waals surface area contributed by atoms with Crippen molar-refractivity contribution >= 4 is 35.8 Å². The Morgan fingerprint density at radius 3 is 2.83 bits per heavy atom. The topological polar surface area (TPSA) is 66.0 Å². The van der Waals surface area contributed by atoms with E-state index in [1.165, 1.54) is 6.42 Å². The minimum absolute atomic E-state index is 0. The molecule has 0 aliphatic carbocycles. The van der Waals surface area contributed by atoms with Gasteiger partial charge in [0, 0.05) is 52.9 Å². The third-order valence-corrected chi connectivity index (χ3v) is 3.69. The van der Waals surface area contributed by atoms with Crippen molar-refractivity contribution in [3.05, 3.63) is 0 Å². The second kappa shape index (κ2) is 15.0. The average Bonchev–Trinajstić information content (AvgIpc) is 2.72. The first-order valence-corrected chi connectivity index (χ1v) is 8.56. The molecule has 7 heteroatoms. The highest BCUT2D eigenvalue weighted by atomic mass is 127. The molecule has 0 saturated carbocycles. The maximum absolute atomic E-state index is 11.9. The van der Waals surface area contributed by atoms with Crippen molar-refractivity contribution in [1.82, 2.24) is 15.5 Å². The largest absolute Gasteiger partial charge is 0.385 e. The fourth-order valence-electron chi connectivity index (χ4n) is 2.49. The van der Waals surface area contributed by atoms with Crippen LogP contribution in [0.2, 0.25) is 0 Å². The first-order chi connectivity index (χ1) is 10.8. The second-order valence-corrected chi connectivity index (χ2v) is 5.58. The number of rotatable bonds is 9. The molecule has 2 N–H and O–H groups in total. The Morgan fingerprint density at radius 2 is 2.09 bits per heavy atom. The Morgan fingerprint density at radius 1 is 1.26 bits per heavy atom. The summed E-state index contributed by atoms with van der Waals surface area (Å²) in [6.45, 7) is 6.99. The standard InChI is InChI=1S/C16H32N4O2.HI/c1-3-17-16(19-11-8-14-22-2)18-10-7-13-20-12-6-4-5-9-15(20)21;/h3-14H2,1-2H3,(H2,17,18,19);1H. The Bertz CT molecular complexity index is 340. The molecule has 1 aliphatic rings. The van der Waals surface area contributed by atoms with Crippen LogP contribution in [0.5, 0.6) is 0 Å². The zero-order chi connectivity index (χ0) is 16.0. The molecule has 0 aromatic rings. The van der Waals surface area contributed by atoms with E-state index >= 15 is 0 Å². The monoisotopic (exact) mass is 440 g/mol. The molecule has 1 rings (SSSR count). The highest BCUT2D eigenvalue weighted by Crippen LogP contribution is 2.11. The highest BCUT2D eigenvalue weighted by molar-refractivity contribution is 14.0. The smallest absolute Gasteiger partial charge is 0.222 e. The Hall–Kier alpha value is -0.570. The van der Waals surface area contributed by atoms with Crippen molar-refractivity contribution < 1.29 is 9.53 Å². The molecule has 136 valence electrons. The molecule has 6 nitrogen and oxygen atoms in total. The number of hydrogen-bond donors (Lipinski definition) is 2. The number of nitrogens with zero attached hydrogens (tertiary/aromatic N) is 2. The van der Waals surface area contributed by atoms with Crippen molar-refractivity contribution in [1.29, 1.82) is 0 Å². The van der Waals surface area contributed by atoms with Crippen LogP contribution in [0.15, 0.2) is 4.99 Å². The molecular formula is C16H33IN4O2. The zero-order valence-electron chi connectivity index (χ0n) is 14.6. The van der Waals surface area contributed by atoms with E-state index in [0.29, 0.717) is 12.3 Å². The SMILES string of the molecule is CCNC(=NCCCN1CCCCCC1=O)NCCCOC.I. The lowest BCUT2D eigenvalue weighted by molar-refractivity contribution is -0.130. The van der Waals surface area contributed by atoms with E-state index in [4.69, 9.17) is 4.74 Å². The van der Waals surface area contributed by atoms with Gasteiger partial charge in [0.05, 0.1) is 0 Å². The van der Waals surface area contributed by atoms with Crippen molar-refractivity contribution in [3.8, 4) is 0 Å². The minimum Gasteiger partial charge on any atom is -0.385 e. The summed E-state index contributed by atoms with van der Waals surface area (Å²) < 4.78 is 5.03. The number of amides is 1. The fourth-order valence-corrected chi connectivity index (χ4v) is 2.49. The van der Waals surface area contributed by atoms with Crippen LogP contribution in [0.3, 0.4) is 0 Å². The van der Waals surface area contributed by atoms with Gasteiger partial charge in [-0.15, -0.1) is 24.0 Å². The number of guanidine groups is 1. The number of aliphatic imine (C=N–C) groups is 1. The molecule has 1 amide bonds. The van der Waals surface area contributed by atoms with Crippen molar-refractivity contribution in [2.75, 3.05) is 46.4 Å². The van der Waals surface area contributed by atoms with Crippen LogP contribution >= 0.6 is 24.0 Å². The number of hydrogen-bond acceptors (Lipinski definition) is 3. The van der Waals surface area contributed by atoms with E-state index < -0.39 is 0 Å². The van der Waals surface area contributed by atoms with Gasteiger partial charge in [-0.3, -0.25) is 9.79 Å². The average molecular weight is 440 g/mol. The molecule has 0 unspecified atom stereocenters. The Labute approximate surface area is 157 Å². The van der Waals surface area contributed by atoms with Crippen molar-refractivity contribution in [2.45, 2.75) is 45.4 Å². The van der Waals surface area contributed by atoms with Gasteiger partial charge >= 0.3 is 0 Å². The van der Waals surface area contributed by atoms with Crippen LogP contribution in [0.1, 0.15) is 45.4 Å². The molecule has 1 saturated heterocycles. The summed E-state index contributed by atoms with van der Waals surface area (Å²) in [6, 6.07) is 0. The summed E-state index contributed by atoms with van der Waals surface area (Å²) in [5, 5.41) is 6.53. The first kappa shape index (κ1) is 22.4. The third-order valence-electron chi connectivity index (χ3n) is 3.69. The van der Waals surface area contributed by atoms with Crippen LogP contribution in [0.4, 0.5) is 0 Å². The van der Waals surface area contributed by atoms with Crippen LogP contribution in [0, 0.1) is 0 Å². The van der Waals surface area contributed by atoms with Gasteiger partial charge in [-0.2, -0.15) is 0 Å². The van der Waals surface area contributed by atoms with E-state index in [9.17, 15) is 4.79 Å². The predicted molar refractivity (Wildman–Crippen MR) is 106 cm³/mol. The number of likely N-dealkylation sites (tertiary alicyclic amines) is 1. The lowest BCUT2D eigenvalue weighted by Crippen LogP contribution is -2.38. The number of carbonyl (C=O) groups is 1. The summed E-state index contributed by atoms with van der Waals surface area (Å²) in [5.41, 5.74) is 0. The van der Waals surface area contributed by atoms with Gasteiger partial charge in [-0.05, 0) is 32.6 Å². The van der Waals surface area contributed by atoms with E-state index in [2.05, 4.69) is 22.5 Å². The third kappa shape index (κ3) is 10.8. The maximum Gasteiger partial charge on any atom is 0.222 e. The Balaban J connectivity index is 0.00000484. The van der Waals surface area contributed by atoms with Gasteiger partial charge in [0.15, 0.2) is 5.96 Å². The highest BCUT2D eigenvalue weighted by Gasteiger charge is 2.15. The quantitative estimate of drug-likeness (QED) is 0.249. The minimum atomic E-state index is 0. The summed E-state index contributed by atoms with van der Waals surface area (Å²) in [4.78, 5) is 18.5. The lowest BCUT2D eigenvalue weighted by atomic mass is 10.2. The van der Waals surface area contributed by atoms with Crippen molar-refractivity contribution in [2.24, 2.45) is 4.99 Å². The van der Waals surface area contributed by atoms with Gasteiger partial charge in [0.2, 0.25) is 5.91 Å². The number of ether oxygens (including phenoxy) is 1. The fraction of sp³-hybridized carbons (Fsp3) is 0.875. The summed E-state index contributed by atoms with van der Waals surface area (Å²) >= 11 is 0. The molecule has 0 atom stereocenters. The number of nitrogens with one attached hydrogen (secondary N) is 2. The Kier molecular flexibility index (Phi) is 14.6. The molecule has 0 radical (unpaired) electrons. The number of methoxy groups -OCH3 is 1. The number of halogens is 1. The predicted octanol–water partition coefficient (Wildman–Crippen LogP) is 1.99. The van der Waals surface area contributed by atoms with Crippen LogP contribution < -0.4 is 10.6 Å². The molecule has 0 bridgehead atoms. The first-order valence-electron chi connectivity index (χ1n) is 8.56.